The molecule has 3 rings (SSSR count). The topological polar surface area (TPSA) is 27.3 Å². The third kappa shape index (κ3) is 3.86. The molecule has 1 saturated heterocycles. The summed E-state index contributed by atoms with van der Waals surface area (Å²) in [6.07, 6.45) is 5.76. The molecule has 1 aromatic carbocycles. The first kappa shape index (κ1) is 17.6. The second kappa shape index (κ2) is 8.21. The molecule has 24 heavy (non-hydrogen) atoms. The Bertz CT molecular complexity index is 526. The molecular weight excluding hydrogens is 300 g/mol. The summed E-state index contributed by atoms with van der Waals surface area (Å²) in [5.74, 6) is 2.66. The third-order valence-electron chi connectivity index (χ3n) is 6.16. The van der Waals surface area contributed by atoms with Gasteiger partial charge in [-0.1, -0.05) is 19.4 Å². The van der Waals surface area contributed by atoms with E-state index in [4.69, 9.17) is 9.47 Å². The number of ether oxygens (including phenoxy) is 2. The van der Waals surface area contributed by atoms with Gasteiger partial charge in [0.1, 0.15) is 32.7 Å². The van der Waals surface area contributed by atoms with Crippen LogP contribution >= 0.6 is 0 Å². The van der Waals surface area contributed by atoms with Crippen LogP contribution in [0.5, 0.6) is 11.5 Å². The van der Waals surface area contributed by atoms with Crippen LogP contribution in [0, 0.1) is 5.92 Å². The van der Waals surface area contributed by atoms with E-state index < -0.39 is 0 Å². The molecule has 0 amide bonds. The van der Waals surface area contributed by atoms with Crippen molar-refractivity contribution in [2.75, 3.05) is 40.4 Å². The van der Waals surface area contributed by atoms with Crippen LogP contribution in [0.25, 0.3) is 0 Å². The lowest BCUT2D eigenvalue weighted by Gasteiger charge is -2.39. The summed E-state index contributed by atoms with van der Waals surface area (Å²) in [6.45, 7) is 8.66. The second-order valence-electron chi connectivity index (χ2n) is 7.61. The fraction of sp³-hybridized carbons (Fsp3) is 0.700. The van der Waals surface area contributed by atoms with E-state index in [9.17, 15) is 0 Å². The molecule has 134 valence electrons. The van der Waals surface area contributed by atoms with Gasteiger partial charge in [-0.2, -0.15) is 0 Å². The number of nitrogens with one attached hydrogen (secondary N) is 2. The van der Waals surface area contributed by atoms with Crippen molar-refractivity contribution in [2.45, 2.75) is 45.2 Å². The van der Waals surface area contributed by atoms with E-state index in [0.717, 1.165) is 30.0 Å². The smallest absolute Gasteiger partial charge is 0.169 e. The van der Waals surface area contributed by atoms with Crippen LogP contribution in [0.1, 0.15) is 38.2 Å². The first-order valence-electron chi connectivity index (χ1n) is 9.61. The Hall–Kier alpha value is -1.26. The number of benzene rings is 1. The molecule has 4 heteroatoms. The fourth-order valence-electron chi connectivity index (χ4n) is 4.76. The lowest BCUT2D eigenvalue weighted by molar-refractivity contribution is -1.03. The fourth-order valence-corrected chi connectivity index (χ4v) is 4.76. The molecule has 1 aliphatic heterocycles. The molecule has 2 atom stereocenters. The van der Waals surface area contributed by atoms with E-state index in [1.165, 1.54) is 57.4 Å². The number of piperazine rings is 1. The van der Waals surface area contributed by atoms with Crippen LogP contribution in [-0.2, 0) is 6.54 Å². The molecule has 0 spiro atoms. The van der Waals surface area contributed by atoms with Crippen molar-refractivity contribution in [1.29, 1.82) is 0 Å². The predicted molar refractivity (Wildman–Crippen MR) is 96.1 cm³/mol. The number of para-hydroxylation sites is 1. The maximum atomic E-state index is 5.60. The second-order valence-corrected chi connectivity index (χ2v) is 7.61. The van der Waals surface area contributed by atoms with Crippen LogP contribution in [0.3, 0.4) is 0 Å². The Labute approximate surface area is 146 Å². The van der Waals surface area contributed by atoms with Gasteiger partial charge in [0, 0.05) is 5.92 Å². The summed E-state index contributed by atoms with van der Waals surface area (Å²) in [7, 11) is 3.45. The van der Waals surface area contributed by atoms with Gasteiger partial charge in [0.15, 0.2) is 11.5 Å². The summed E-state index contributed by atoms with van der Waals surface area (Å²) in [5, 5.41) is 0. The molecule has 0 radical (unpaired) electrons. The lowest BCUT2D eigenvalue weighted by atomic mass is 9.84. The quantitative estimate of drug-likeness (QED) is 0.824. The van der Waals surface area contributed by atoms with Gasteiger partial charge in [-0.05, 0) is 31.4 Å². The van der Waals surface area contributed by atoms with Crippen LogP contribution in [0.15, 0.2) is 18.2 Å². The van der Waals surface area contributed by atoms with Crippen molar-refractivity contribution in [1.82, 2.24) is 0 Å². The molecule has 4 nitrogen and oxygen atoms in total. The largest absolute Gasteiger partial charge is 0.493 e. The zero-order chi connectivity index (χ0) is 16.9. The maximum Gasteiger partial charge on any atom is 0.169 e. The molecule has 0 unspecified atom stereocenters. The van der Waals surface area contributed by atoms with Gasteiger partial charge in [-0.15, -0.1) is 0 Å². The van der Waals surface area contributed by atoms with Crippen molar-refractivity contribution >= 4 is 0 Å². The van der Waals surface area contributed by atoms with Crippen molar-refractivity contribution in [3.05, 3.63) is 23.8 Å². The maximum absolute atomic E-state index is 5.60. The summed E-state index contributed by atoms with van der Waals surface area (Å²) < 4.78 is 11.0. The van der Waals surface area contributed by atoms with Crippen LogP contribution in [0.2, 0.25) is 0 Å². The predicted octanol–water partition coefficient (Wildman–Crippen LogP) is 0.566. The molecule has 1 saturated carbocycles. The summed E-state index contributed by atoms with van der Waals surface area (Å²) in [4.78, 5) is 3.54. The van der Waals surface area contributed by atoms with Crippen molar-refractivity contribution < 1.29 is 19.3 Å². The van der Waals surface area contributed by atoms with Gasteiger partial charge in [-0.3, -0.25) is 0 Å². The van der Waals surface area contributed by atoms with Gasteiger partial charge in [0.05, 0.1) is 25.8 Å². The van der Waals surface area contributed by atoms with Crippen LogP contribution in [0.4, 0.5) is 0 Å². The summed E-state index contributed by atoms with van der Waals surface area (Å²) in [6, 6.07) is 7.13. The summed E-state index contributed by atoms with van der Waals surface area (Å²) in [5.41, 5.74) is 1.27. The number of hydrogen-bond acceptors (Lipinski definition) is 2. The highest BCUT2D eigenvalue weighted by Crippen LogP contribution is 2.30. The first-order chi connectivity index (χ1) is 11.7. The normalized spacial score (nSPS) is 30.8. The molecule has 1 heterocycles. The zero-order valence-electron chi connectivity index (χ0n) is 15.6. The van der Waals surface area contributed by atoms with Crippen molar-refractivity contribution in [3.8, 4) is 11.5 Å². The number of methoxy groups -OCH3 is 2. The number of rotatable bonds is 5. The average molecular weight is 335 g/mol. The zero-order valence-corrected chi connectivity index (χ0v) is 15.6. The minimum atomic E-state index is 0.842. The molecular formula is C20H34N2O2+2. The molecule has 1 aliphatic carbocycles. The van der Waals surface area contributed by atoms with Crippen molar-refractivity contribution in [2.24, 2.45) is 5.92 Å². The van der Waals surface area contributed by atoms with Gasteiger partial charge in [0.2, 0.25) is 0 Å². The van der Waals surface area contributed by atoms with E-state index >= 15 is 0 Å². The SMILES string of the molecule is COc1cccc(C[NH+]2CC[NH+]([C@@H]3CCCC[C@@H]3C)CC2)c1OC. The van der Waals surface area contributed by atoms with Gasteiger partial charge >= 0.3 is 0 Å². The van der Waals surface area contributed by atoms with Crippen molar-refractivity contribution in [3.63, 3.8) is 0 Å². The Balaban J connectivity index is 1.58. The monoisotopic (exact) mass is 334 g/mol. The minimum absolute atomic E-state index is 0.842. The molecule has 0 bridgehead atoms. The molecule has 1 aromatic rings. The molecule has 2 fully saturated rings. The van der Waals surface area contributed by atoms with Gasteiger partial charge in [0.25, 0.3) is 0 Å². The highest BCUT2D eigenvalue weighted by Gasteiger charge is 2.34. The molecule has 2 aliphatic rings. The Morgan fingerprint density at radius 2 is 1.75 bits per heavy atom. The summed E-state index contributed by atoms with van der Waals surface area (Å²) >= 11 is 0. The minimum Gasteiger partial charge on any atom is -0.493 e. The van der Waals surface area contributed by atoms with E-state index in [1.807, 2.05) is 11.0 Å². The first-order valence-corrected chi connectivity index (χ1v) is 9.61. The Morgan fingerprint density at radius 3 is 2.42 bits per heavy atom. The van der Waals surface area contributed by atoms with E-state index in [1.54, 1.807) is 19.1 Å². The van der Waals surface area contributed by atoms with Gasteiger partial charge in [-0.25, -0.2) is 0 Å². The van der Waals surface area contributed by atoms with E-state index in [0.29, 0.717) is 0 Å². The average Bonchev–Trinajstić information content (AvgIpc) is 2.62. The number of hydrogen-bond donors (Lipinski definition) is 2. The highest BCUT2D eigenvalue weighted by molar-refractivity contribution is 5.46. The Morgan fingerprint density at radius 1 is 1.00 bits per heavy atom. The highest BCUT2D eigenvalue weighted by atomic mass is 16.5. The molecule has 2 N–H and O–H groups in total. The van der Waals surface area contributed by atoms with E-state index in [-0.39, 0.29) is 0 Å². The van der Waals surface area contributed by atoms with Crippen LogP contribution in [-0.4, -0.2) is 46.4 Å². The standard InChI is InChI=1S/C20H32N2O2/c1-16-7-4-5-9-18(16)22-13-11-21(12-14-22)15-17-8-6-10-19(23-2)20(17)24-3/h6,8,10,16,18H,4-5,7,9,11-15H2,1-3H3/p+2/t16-,18+/m0/s1. The third-order valence-corrected chi connectivity index (χ3v) is 6.16. The van der Waals surface area contributed by atoms with E-state index in [2.05, 4.69) is 19.1 Å². The van der Waals surface area contributed by atoms with Crippen LogP contribution < -0.4 is 19.3 Å². The van der Waals surface area contributed by atoms with Gasteiger partial charge < -0.3 is 19.3 Å². The number of quaternary nitrogens is 2. The Kier molecular flexibility index (Phi) is 6.01. The molecule has 0 aromatic heterocycles. The lowest BCUT2D eigenvalue weighted by Crippen LogP contribution is -3.29.